The zero-order valence-electron chi connectivity index (χ0n) is 14.6. The van der Waals surface area contributed by atoms with Crippen LogP contribution in [0.15, 0.2) is 36.5 Å². The molecule has 26 heavy (non-hydrogen) atoms. The molecule has 0 spiro atoms. The highest BCUT2D eigenvalue weighted by molar-refractivity contribution is 6.30. The Labute approximate surface area is 158 Å². The van der Waals surface area contributed by atoms with E-state index in [0.717, 1.165) is 48.7 Å². The van der Waals surface area contributed by atoms with Gasteiger partial charge in [-0.05, 0) is 61.6 Å². The molecule has 2 aliphatic rings. The normalized spacial score (nSPS) is 19.4. The molecule has 1 saturated heterocycles. The van der Waals surface area contributed by atoms with Gasteiger partial charge in [-0.2, -0.15) is 0 Å². The zero-order chi connectivity index (χ0) is 17.9. The summed E-state index contributed by atoms with van der Waals surface area (Å²) in [4.78, 5) is 19.6. The molecule has 1 N–H and O–H groups in total. The lowest BCUT2D eigenvalue weighted by Gasteiger charge is -2.30. The van der Waals surface area contributed by atoms with Crippen LogP contribution >= 0.6 is 11.6 Å². The molecule has 5 nitrogen and oxygen atoms in total. The van der Waals surface area contributed by atoms with Crippen LogP contribution in [0.2, 0.25) is 5.02 Å². The third-order valence-electron chi connectivity index (χ3n) is 5.00. The molecule has 0 saturated carbocycles. The molecule has 0 bridgehead atoms. The van der Waals surface area contributed by atoms with Crippen LogP contribution in [0, 0.1) is 5.92 Å². The fourth-order valence-corrected chi connectivity index (χ4v) is 3.81. The number of ether oxygens (including phenoxy) is 1. The number of amides is 1. The number of hydrogen-bond acceptors (Lipinski definition) is 4. The molecule has 1 aromatic carbocycles. The summed E-state index contributed by atoms with van der Waals surface area (Å²) in [5, 5.41) is 3.73. The standard InChI is InChI=1S/C20H22ClN3O2/c21-16-6-7-18-14(12-16)11-15(13-26-18)20(25)23-17-5-4-8-22-19(17)24-9-2-1-3-10-24/h4-8,12,15H,1-3,9-11,13H2,(H,23,25). The third-order valence-corrected chi connectivity index (χ3v) is 5.23. The number of aromatic nitrogens is 1. The van der Waals surface area contributed by atoms with E-state index in [2.05, 4.69) is 15.2 Å². The molecule has 0 radical (unpaired) electrons. The summed E-state index contributed by atoms with van der Waals surface area (Å²) in [6.07, 6.45) is 5.99. The number of nitrogens with one attached hydrogen (secondary N) is 1. The first kappa shape index (κ1) is 17.2. The van der Waals surface area contributed by atoms with Crippen molar-refractivity contribution in [3.05, 3.63) is 47.1 Å². The molecular formula is C20H22ClN3O2. The summed E-state index contributed by atoms with van der Waals surface area (Å²) in [7, 11) is 0. The fourth-order valence-electron chi connectivity index (χ4n) is 3.62. The maximum Gasteiger partial charge on any atom is 0.231 e. The van der Waals surface area contributed by atoms with Gasteiger partial charge in [-0.3, -0.25) is 4.79 Å². The number of nitrogens with zero attached hydrogens (tertiary/aromatic N) is 2. The second-order valence-electron chi connectivity index (χ2n) is 6.88. The van der Waals surface area contributed by atoms with Gasteiger partial charge in [0.2, 0.25) is 5.91 Å². The van der Waals surface area contributed by atoms with Gasteiger partial charge in [-0.15, -0.1) is 0 Å². The molecule has 1 aromatic heterocycles. The first-order valence-corrected chi connectivity index (χ1v) is 9.50. The summed E-state index contributed by atoms with van der Waals surface area (Å²) in [5.41, 5.74) is 1.75. The Kier molecular flexibility index (Phi) is 4.98. The largest absolute Gasteiger partial charge is 0.492 e. The van der Waals surface area contributed by atoms with Crippen molar-refractivity contribution in [1.29, 1.82) is 0 Å². The Bertz CT molecular complexity index is 805. The third kappa shape index (κ3) is 3.63. The van der Waals surface area contributed by atoms with E-state index in [-0.39, 0.29) is 11.8 Å². The summed E-state index contributed by atoms with van der Waals surface area (Å²) in [6.45, 7) is 2.34. The van der Waals surface area contributed by atoms with Crippen molar-refractivity contribution in [1.82, 2.24) is 4.98 Å². The van der Waals surface area contributed by atoms with E-state index in [0.29, 0.717) is 18.1 Å². The predicted molar refractivity (Wildman–Crippen MR) is 103 cm³/mol. The predicted octanol–water partition coefficient (Wildman–Crippen LogP) is 3.92. The fraction of sp³-hybridized carbons (Fsp3) is 0.400. The zero-order valence-corrected chi connectivity index (χ0v) is 15.3. The molecule has 136 valence electrons. The van der Waals surface area contributed by atoms with Crippen LogP contribution in [0.4, 0.5) is 11.5 Å². The van der Waals surface area contributed by atoms with E-state index in [4.69, 9.17) is 16.3 Å². The number of anilines is 2. The van der Waals surface area contributed by atoms with Crippen molar-refractivity contribution >= 4 is 29.0 Å². The van der Waals surface area contributed by atoms with Crippen LogP contribution in [-0.4, -0.2) is 30.6 Å². The number of carbonyl (C=O) groups excluding carboxylic acids is 1. The lowest BCUT2D eigenvalue weighted by Crippen LogP contribution is -2.34. The van der Waals surface area contributed by atoms with E-state index < -0.39 is 0 Å². The molecule has 1 fully saturated rings. The maximum atomic E-state index is 12.8. The molecule has 4 rings (SSSR count). The minimum Gasteiger partial charge on any atom is -0.492 e. The minimum absolute atomic E-state index is 0.0399. The van der Waals surface area contributed by atoms with Gasteiger partial charge >= 0.3 is 0 Å². The average molecular weight is 372 g/mol. The Hall–Kier alpha value is -2.27. The van der Waals surface area contributed by atoms with E-state index in [9.17, 15) is 4.79 Å². The summed E-state index contributed by atoms with van der Waals surface area (Å²) in [6, 6.07) is 9.32. The Balaban J connectivity index is 1.49. The highest BCUT2D eigenvalue weighted by Crippen LogP contribution is 2.31. The second-order valence-corrected chi connectivity index (χ2v) is 7.31. The molecule has 1 atom stereocenters. The summed E-state index contributed by atoms with van der Waals surface area (Å²) in [5.74, 6) is 1.40. The van der Waals surface area contributed by atoms with E-state index in [1.165, 1.54) is 6.42 Å². The van der Waals surface area contributed by atoms with Crippen LogP contribution in [0.25, 0.3) is 0 Å². The SMILES string of the molecule is O=C(Nc1cccnc1N1CCCCC1)C1COc2ccc(Cl)cc2C1. The van der Waals surface area contributed by atoms with Crippen molar-refractivity contribution in [3.8, 4) is 5.75 Å². The van der Waals surface area contributed by atoms with E-state index >= 15 is 0 Å². The second kappa shape index (κ2) is 7.54. The Morgan fingerprint density at radius 3 is 2.92 bits per heavy atom. The van der Waals surface area contributed by atoms with E-state index in [1.54, 1.807) is 12.3 Å². The highest BCUT2D eigenvalue weighted by Gasteiger charge is 2.27. The van der Waals surface area contributed by atoms with E-state index in [1.807, 2.05) is 24.3 Å². The van der Waals surface area contributed by atoms with Crippen molar-refractivity contribution < 1.29 is 9.53 Å². The first-order chi connectivity index (χ1) is 12.7. The molecule has 2 aliphatic heterocycles. The molecule has 1 amide bonds. The van der Waals surface area contributed by atoms with Gasteiger partial charge in [0.25, 0.3) is 0 Å². The number of hydrogen-bond donors (Lipinski definition) is 1. The van der Waals surface area contributed by atoms with Crippen molar-refractivity contribution in [2.75, 3.05) is 29.9 Å². The lowest BCUT2D eigenvalue weighted by molar-refractivity contribution is -0.121. The summed E-state index contributed by atoms with van der Waals surface area (Å²) < 4.78 is 5.75. The van der Waals surface area contributed by atoms with Gasteiger partial charge in [0.1, 0.15) is 12.4 Å². The maximum absolute atomic E-state index is 12.8. The van der Waals surface area contributed by atoms with Gasteiger partial charge in [0.15, 0.2) is 5.82 Å². The van der Waals surface area contributed by atoms with Gasteiger partial charge < -0.3 is 15.0 Å². The number of rotatable bonds is 3. The number of benzene rings is 1. The quantitative estimate of drug-likeness (QED) is 0.888. The van der Waals surface area contributed by atoms with Crippen LogP contribution < -0.4 is 15.0 Å². The average Bonchev–Trinajstić information content (AvgIpc) is 2.68. The van der Waals surface area contributed by atoms with Crippen LogP contribution in [0.3, 0.4) is 0 Å². The lowest BCUT2D eigenvalue weighted by atomic mass is 9.96. The number of piperidine rings is 1. The van der Waals surface area contributed by atoms with Gasteiger partial charge in [-0.1, -0.05) is 11.6 Å². The molecule has 2 aromatic rings. The first-order valence-electron chi connectivity index (χ1n) is 9.13. The number of carbonyl (C=O) groups is 1. The van der Waals surface area contributed by atoms with Crippen molar-refractivity contribution in [3.63, 3.8) is 0 Å². The molecule has 6 heteroatoms. The Morgan fingerprint density at radius 2 is 2.08 bits per heavy atom. The number of halogens is 1. The van der Waals surface area contributed by atoms with Crippen LogP contribution in [0.5, 0.6) is 5.75 Å². The highest BCUT2D eigenvalue weighted by atomic mass is 35.5. The topological polar surface area (TPSA) is 54.5 Å². The van der Waals surface area contributed by atoms with Crippen molar-refractivity contribution in [2.45, 2.75) is 25.7 Å². The van der Waals surface area contributed by atoms with Gasteiger partial charge in [0.05, 0.1) is 11.6 Å². The van der Waals surface area contributed by atoms with Gasteiger partial charge in [-0.25, -0.2) is 4.98 Å². The molecular weight excluding hydrogens is 350 g/mol. The molecule has 0 aliphatic carbocycles. The van der Waals surface area contributed by atoms with Crippen LogP contribution in [-0.2, 0) is 11.2 Å². The summed E-state index contributed by atoms with van der Waals surface area (Å²) >= 11 is 6.07. The minimum atomic E-state index is -0.240. The van der Waals surface area contributed by atoms with Crippen molar-refractivity contribution in [2.24, 2.45) is 5.92 Å². The number of fused-ring (bicyclic) bond motifs is 1. The molecule has 3 heterocycles. The Morgan fingerprint density at radius 1 is 1.23 bits per heavy atom. The van der Waals surface area contributed by atoms with Gasteiger partial charge in [0, 0.05) is 24.3 Å². The smallest absolute Gasteiger partial charge is 0.231 e. The monoisotopic (exact) mass is 371 g/mol. The molecule has 1 unspecified atom stereocenters. The van der Waals surface area contributed by atoms with Crippen LogP contribution in [0.1, 0.15) is 24.8 Å². The number of pyridine rings is 1.